The van der Waals surface area contributed by atoms with Gasteiger partial charge in [0.1, 0.15) is 0 Å². The first-order valence-electron chi connectivity index (χ1n) is 7.40. The summed E-state index contributed by atoms with van der Waals surface area (Å²) in [5.41, 5.74) is 1.33. The molecule has 0 saturated carbocycles. The lowest BCUT2D eigenvalue weighted by atomic mass is 9.94. The number of hydrogen-bond acceptors (Lipinski definition) is 3. The number of benzene rings is 2. The highest BCUT2D eigenvalue weighted by molar-refractivity contribution is 5.97. The van der Waals surface area contributed by atoms with Crippen LogP contribution in [-0.2, 0) is 6.42 Å². The predicted molar refractivity (Wildman–Crippen MR) is 89.5 cm³/mol. The molecule has 5 heteroatoms. The molecule has 0 saturated heterocycles. The first kappa shape index (κ1) is 16.7. The molecule has 0 radical (unpaired) electrons. The van der Waals surface area contributed by atoms with Gasteiger partial charge in [0.15, 0.2) is 0 Å². The van der Waals surface area contributed by atoms with Crippen LogP contribution in [0.1, 0.15) is 35.3 Å². The lowest BCUT2D eigenvalue weighted by Crippen LogP contribution is -2.45. The van der Waals surface area contributed by atoms with E-state index in [9.17, 15) is 14.9 Å². The van der Waals surface area contributed by atoms with Gasteiger partial charge in [-0.2, -0.15) is 0 Å². The minimum Gasteiger partial charge on any atom is -0.347 e. The number of nitrogens with one attached hydrogen (secondary N) is 1. The van der Waals surface area contributed by atoms with Gasteiger partial charge in [0.2, 0.25) is 0 Å². The molecule has 120 valence electrons. The number of carbonyl (C=O) groups excluding carboxylic acids is 1. The van der Waals surface area contributed by atoms with Gasteiger partial charge in [0.25, 0.3) is 11.6 Å². The van der Waals surface area contributed by atoms with E-state index in [1.807, 2.05) is 44.2 Å². The average Bonchev–Trinajstić information content (AvgIpc) is 2.46. The summed E-state index contributed by atoms with van der Waals surface area (Å²) in [6.07, 6.45) is 0.674. The Morgan fingerprint density at radius 3 is 2.39 bits per heavy atom. The maximum atomic E-state index is 12.5. The lowest BCUT2D eigenvalue weighted by molar-refractivity contribution is -0.385. The van der Waals surface area contributed by atoms with Crippen LogP contribution in [0.3, 0.4) is 0 Å². The molecular formula is C18H20N2O3. The van der Waals surface area contributed by atoms with Crippen LogP contribution < -0.4 is 5.32 Å². The van der Waals surface area contributed by atoms with E-state index in [-0.39, 0.29) is 11.6 Å². The first-order chi connectivity index (χ1) is 10.8. The van der Waals surface area contributed by atoms with Gasteiger partial charge in [-0.25, -0.2) is 0 Å². The first-order valence-corrected chi connectivity index (χ1v) is 7.40. The molecule has 0 fully saturated rings. The summed E-state index contributed by atoms with van der Waals surface area (Å²) in [6, 6.07) is 14.4. The molecule has 0 heterocycles. The smallest absolute Gasteiger partial charge is 0.273 e. The van der Waals surface area contributed by atoms with Crippen LogP contribution in [0.4, 0.5) is 5.69 Å². The van der Waals surface area contributed by atoms with Gasteiger partial charge in [-0.1, -0.05) is 36.4 Å². The van der Waals surface area contributed by atoms with E-state index in [0.717, 1.165) is 5.56 Å². The lowest BCUT2D eigenvalue weighted by Gasteiger charge is -2.27. The van der Waals surface area contributed by atoms with Crippen molar-refractivity contribution in [3.63, 3.8) is 0 Å². The molecule has 0 aliphatic carbocycles. The number of rotatable bonds is 5. The molecule has 0 aliphatic heterocycles. The van der Waals surface area contributed by atoms with E-state index in [1.54, 1.807) is 13.0 Å². The van der Waals surface area contributed by atoms with E-state index in [1.165, 1.54) is 12.1 Å². The minimum absolute atomic E-state index is 0.0430. The van der Waals surface area contributed by atoms with E-state index in [0.29, 0.717) is 17.5 Å². The Labute approximate surface area is 135 Å². The second-order valence-electron chi connectivity index (χ2n) is 6.21. The van der Waals surface area contributed by atoms with E-state index in [2.05, 4.69) is 5.32 Å². The highest BCUT2D eigenvalue weighted by Gasteiger charge is 2.24. The van der Waals surface area contributed by atoms with Gasteiger partial charge in [0, 0.05) is 22.7 Å². The summed E-state index contributed by atoms with van der Waals surface area (Å²) in [6.45, 7) is 5.46. The molecule has 0 aromatic heterocycles. The van der Waals surface area contributed by atoms with Crippen LogP contribution in [0.15, 0.2) is 48.5 Å². The van der Waals surface area contributed by atoms with Gasteiger partial charge in [-0.3, -0.25) is 14.9 Å². The summed E-state index contributed by atoms with van der Waals surface area (Å²) in [4.78, 5) is 23.0. The standard InChI is InChI=1S/C18H20N2O3/c1-13-15(10-7-11-16(13)20(22)23)17(21)19-18(2,3)12-14-8-5-4-6-9-14/h4-11H,12H2,1-3H3,(H,19,21). The number of amides is 1. The maximum absolute atomic E-state index is 12.5. The highest BCUT2D eigenvalue weighted by atomic mass is 16.6. The molecule has 0 unspecified atom stereocenters. The summed E-state index contributed by atoms with van der Waals surface area (Å²) in [7, 11) is 0. The van der Waals surface area contributed by atoms with Crippen molar-refractivity contribution in [3.8, 4) is 0 Å². The Morgan fingerprint density at radius 2 is 1.78 bits per heavy atom. The molecule has 0 atom stereocenters. The quantitative estimate of drug-likeness (QED) is 0.676. The van der Waals surface area contributed by atoms with Gasteiger partial charge in [-0.05, 0) is 38.8 Å². The third kappa shape index (κ3) is 4.16. The Hall–Kier alpha value is -2.69. The number of nitro groups is 1. The summed E-state index contributed by atoms with van der Waals surface area (Å²) >= 11 is 0. The van der Waals surface area contributed by atoms with Crippen LogP contribution in [-0.4, -0.2) is 16.4 Å². The van der Waals surface area contributed by atoms with Crippen molar-refractivity contribution >= 4 is 11.6 Å². The fourth-order valence-electron chi connectivity index (χ4n) is 2.59. The average molecular weight is 312 g/mol. The van der Waals surface area contributed by atoms with Crippen molar-refractivity contribution in [1.82, 2.24) is 5.32 Å². The van der Waals surface area contributed by atoms with Crippen LogP contribution in [0.25, 0.3) is 0 Å². The molecule has 1 N–H and O–H groups in total. The second kappa shape index (κ2) is 6.60. The molecule has 2 rings (SSSR count). The van der Waals surface area contributed by atoms with Gasteiger partial charge in [-0.15, -0.1) is 0 Å². The summed E-state index contributed by atoms with van der Waals surface area (Å²) in [5.74, 6) is -0.299. The molecule has 2 aromatic rings. The molecule has 0 bridgehead atoms. The monoisotopic (exact) mass is 312 g/mol. The number of nitro benzene ring substituents is 1. The Morgan fingerprint density at radius 1 is 1.13 bits per heavy atom. The molecule has 0 spiro atoms. The predicted octanol–water partition coefficient (Wildman–Crippen LogP) is 3.65. The van der Waals surface area contributed by atoms with Crippen molar-refractivity contribution in [2.24, 2.45) is 0 Å². The SMILES string of the molecule is Cc1c(C(=O)NC(C)(C)Cc2ccccc2)cccc1[N+](=O)[O-]. The molecule has 0 aliphatic rings. The zero-order valence-corrected chi connectivity index (χ0v) is 13.5. The summed E-state index contributed by atoms with van der Waals surface area (Å²) in [5, 5.41) is 14.0. The zero-order valence-electron chi connectivity index (χ0n) is 13.5. The van der Waals surface area contributed by atoms with Crippen molar-refractivity contribution in [2.45, 2.75) is 32.7 Å². The van der Waals surface area contributed by atoms with Crippen LogP contribution >= 0.6 is 0 Å². The Balaban J connectivity index is 2.18. The minimum atomic E-state index is -0.471. The number of carbonyl (C=O) groups is 1. The molecule has 5 nitrogen and oxygen atoms in total. The Kier molecular flexibility index (Phi) is 4.79. The third-order valence-corrected chi connectivity index (χ3v) is 3.69. The van der Waals surface area contributed by atoms with Crippen LogP contribution in [0.5, 0.6) is 0 Å². The molecule has 2 aromatic carbocycles. The molecule has 1 amide bonds. The summed E-state index contributed by atoms with van der Waals surface area (Å²) < 4.78 is 0. The van der Waals surface area contributed by atoms with Gasteiger partial charge >= 0.3 is 0 Å². The second-order valence-corrected chi connectivity index (χ2v) is 6.21. The Bertz CT molecular complexity index is 724. The van der Waals surface area contributed by atoms with Crippen molar-refractivity contribution in [1.29, 1.82) is 0 Å². The fraction of sp³-hybridized carbons (Fsp3) is 0.278. The number of nitrogens with zero attached hydrogens (tertiary/aromatic N) is 1. The van der Waals surface area contributed by atoms with E-state index in [4.69, 9.17) is 0 Å². The van der Waals surface area contributed by atoms with Crippen molar-refractivity contribution < 1.29 is 9.72 Å². The maximum Gasteiger partial charge on any atom is 0.273 e. The number of hydrogen-bond donors (Lipinski definition) is 1. The zero-order chi connectivity index (χ0) is 17.0. The topological polar surface area (TPSA) is 72.2 Å². The third-order valence-electron chi connectivity index (χ3n) is 3.69. The van der Waals surface area contributed by atoms with Crippen LogP contribution in [0.2, 0.25) is 0 Å². The fourth-order valence-corrected chi connectivity index (χ4v) is 2.59. The largest absolute Gasteiger partial charge is 0.347 e. The molecular weight excluding hydrogens is 292 g/mol. The van der Waals surface area contributed by atoms with Gasteiger partial charge in [0.05, 0.1) is 4.92 Å². The van der Waals surface area contributed by atoms with E-state index >= 15 is 0 Å². The highest BCUT2D eigenvalue weighted by Crippen LogP contribution is 2.22. The van der Waals surface area contributed by atoms with E-state index < -0.39 is 10.5 Å². The molecule has 23 heavy (non-hydrogen) atoms. The van der Waals surface area contributed by atoms with Crippen LogP contribution in [0, 0.1) is 17.0 Å². The van der Waals surface area contributed by atoms with Crippen molar-refractivity contribution in [3.05, 3.63) is 75.3 Å². The van der Waals surface area contributed by atoms with Gasteiger partial charge < -0.3 is 5.32 Å². The normalized spacial score (nSPS) is 11.1. The van der Waals surface area contributed by atoms with Crippen molar-refractivity contribution in [2.75, 3.05) is 0 Å².